The van der Waals surface area contributed by atoms with E-state index in [9.17, 15) is 36.6 Å². The number of benzene rings is 1. The second kappa shape index (κ2) is 8.05. The topological polar surface area (TPSA) is 85.8 Å². The lowest BCUT2D eigenvalue weighted by Crippen LogP contribution is -2.47. The van der Waals surface area contributed by atoms with E-state index in [1.807, 2.05) is 0 Å². The fraction of sp³-hybridized carbons (Fsp3) is 0.381. The SMILES string of the molecule is CN(C(=O)C1CNC(=O)N1c1cc(C(F)(F)F)c2c(n1)C(C)(O)CC2)c1ccc(F)c(Cl)c1F. The van der Waals surface area contributed by atoms with E-state index in [0.717, 1.165) is 29.0 Å². The Labute approximate surface area is 195 Å². The minimum atomic E-state index is -4.80. The number of carbonyl (C=O) groups is 2. The predicted octanol–water partition coefficient (Wildman–Crippen LogP) is 3.75. The van der Waals surface area contributed by atoms with E-state index in [-0.39, 0.29) is 30.6 Å². The molecule has 2 atom stereocenters. The molecule has 1 aliphatic carbocycles. The van der Waals surface area contributed by atoms with Crippen LogP contribution in [0.1, 0.15) is 30.2 Å². The number of carbonyl (C=O) groups excluding carboxylic acids is 2. The summed E-state index contributed by atoms with van der Waals surface area (Å²) in [5, 5.41) is 12.1. The van der Waals surface area contributed by atoms with Gasteiger partial charge in [0, 0.05) is 13.6 Å². The Bertz CT molecular complexity index is 1200. The molecule has 3 amide bonds. The summed E-state index contributed by atoms with van der Waals surface area (Å²) in [5.74, 6) is -3.64. The van der Waals surface area contributed by atoms with E-state index in [0.29, 0.717) is 6.07 Å². The molecule has 2 unspecified atom stereocenters. The zero-order chi connectivity index (χ0) is 25.2. The third-order valence-electron chi connectivity index (χ3n) is 6.00. The Morgan fingerprint density at radius 3 is 2.68 bits per heavy atom. The average molecular weight is 505 g/mol. The van der Waals surface area contributed by atoms with Crippen molar-refractivity contribution < 1.29 is 36.6 Å². The molecule has 1 fully saturated rings. The van der Waals surface area contributed by atoms with Crippen molar-refractivity contribution in [2.75, 3.05) is 23.4 Å². The van der Waals surface area contributed by atoms with Crippen LogP contribution in [0.5, 0.6) is 0 Å². The minimum absolute atomic E-state index is 0.00373. The standard InChI is InChI=1S/C21H18ClF5N4O3/c1-20(34)6-5-9-10(21(25,26)27)7-14(29-17(9)20)31-13(8-28-19(31)33)18(32)30(2)12-4-3-11(23)15(22)16(12)24/h3-4,7,13,34H,5-6,8H2,1-2H3,(H,28,33). The first-order valence-corrected chi connectivity index (χ1v) is 10.4. The first kappa shape index (κ1) is 24.1. The predicted molar refractivity (Wildman–Crippen MR) is 112 cm³/mol. The van der Waals surface area contributed by atoms with Gasteiger partial charge in [0.15, 0.2) is 5.82 Å². The third kappa shape index (κ3) is 3.84. The van der Waals surface area contributed by atoms with Crippen LogP contribution < -0.4 is 15.1 Å². The number of aliphatic hydroxyl groups is 1. The van der Waals surface area contributed by atoms with Gasteiger partial charge >= 0.3 is 12.2 Å². The van der Waals surface area contributed by atoms with Crippen LogP contribution in [0.2, 0.25) is 5.02 Å². The van der Waals surface area contributed by atoms with Crippen molar-refractivity contribution in [1.29, 1.82) is 0 Å². The molecule has 13 heteroatoms. The van der Waals surface area contributed by atoms with Crippen molar-refractivity contribution in [2.45, 2.75) is 37.6 Å². The first-order chi connectivity index (χ1) is 15.7. The maximum atomic E-state index is 14.4. The van der Waals surface area contributed by atoms with Gasteiger partial charge in [0.25, 0.3) is 5.91 Å². The highest BCUT2D eigenvalue weighted by Gasteiger charge is 2.46. The molecule has 0 spiro atoms. The van der Waals surface area contributed by atoms with E-state index in [2.05, 4.69) is 10.3 Å². The summed E-state index contributed by atoms with van der Waals surface area (Å²) in [6, 6.07) is 0.164. The molecule has 1 aliphatic heterocycles. The number of hydrogen-bond acceptors (Lipinski definition) is 4. The van der Waals surface area contributed by atoms with Gasteiger partial charge < -0.3 is 15.3 Å². The van der Waals surface area contributed by atoms with Gasteiger partial charge in [0.05, 0.1) is 16.9 Å². The van der Waals surface area contributed by atoms with E-state index >= 15 is 0 Å². The van der Waals surface area contributed by atoms with Crippen LogP contribution in [-0.2, 0) is 23.0 Å². The molecule has 2 aliphatic rings. The Hall–Kier alpha value is -2.99. The molecule has 7 nitrogen and oxygen atoms in total. The Kier molecular flexibility index (Phi) is 5.72. The number of urea groups is 1. The lowest BCUT2D eigenvalue weighted by atomic mass is 10.0. The van der Waals surface area contributed by atoms with Gasteiger partial charge in [0.2, 0.25) is 0 Å². The number of aromatic nitrogens is 1. The van der Waals surface area contributed by atoms with Gasteiger partial charge in [-0.05, 0) is 43.5 Å². The lowest BCUT2D eigenvalue weighted by Gasteiger charge is -2.28. The fourth-order valence-corrected chi connectivity index (χ4v) is 4.36. The molecule has 182 valence electrons. The summed E-state index contributed by atoms with van der Waals surface area (Å²) < 4.78 is 69.3. The van der Waals surface area contributed by atoms with Gasteiger partial charge in [0.1, 0.15) is 28.3 Å². The minimum Gasteiger partial charge on any atom is -0.384 e. The highest BCUT2D eigenvalue weighted by Crippen LogP contribution is 2.44. The zero-order valence-corrected chi connectivity index (χ0v) is 18.6. The van der Waals surface area contributed by atoms with Crippen molar-refractivity contribution >= 4 is 35.0 Å². The van der Waals surface area contributed by atoms with Crippen molar-refractivity contribution in [1.82, 2.24) is 10.3 Å². The molecule has 0 saturated carbocycles. The van der Waals surface area contributed by atoms with Crippen LogP contribution in [0.25, 0.3) is 0 Å². The summed E-state index contributed by atoms with van der Waals surface area (Å²) in [5.41, 5.74) is -3.53. The molecule has 2 heterocycles. The maximum Gasteiger partial charge on any atom is 0.416 e. The average Bonchev–Trinajstić information content (AvgIpc) is 3.29. The van der Waals surface area contributed by atoms with E-state index in [4.69, 9.17) is 11.6 Å². The molecule has 1 saturated heterocycles. The Morgan fingerprint density at radius 1 is 1.35 bits per heavy atom. The summed E-state index contributed by atoms with van der Waals surface area (Å²) in [6.45, 7) is 1.01. The van der Waals surface area contributed by atoms with Gasteiger partial charge in [-0.3, -0.25) is 9.69 Å². The van der Waals surface area contributed by atoms with Gasteiger partial charge in [-0.1, -0.05) is 11.6 Å². The number of nitrogens with one attached hydrogen (secondary N) is 1. The molecule has 0 radical (unpaired) electrons. The number of anilines is 2. The zero-order valence-electron chi connectivity index (χ0n) is 17.8. The summed E-state index contributed by atoms with van der Waals surface area (Å²) >= 11 is 5.57. The van der Waals surface area contributed by atoms with E-state index in [1.54, 1.807) is 0 Å². The number of amides is 3. The number of pyridine rings is 1. The van der Waals surface area contributed by atoms with Crippen LogP contribution in [-0.4, -0.2) is 41.7 Å². The number of alkyl halides is 3. The van der Waals surface area contributed by atoms with Crippen LogP contribution in [0.4, 0.5) is 38.3 Å². The molecule has 34 heavy (non-hydrogen) atoms. The van der Waals surface area contributed by atoms with Gasteiger partial charge in [-0.2, -0.15) is 13.2 Å². The molecule has 2 aromatic rings. The van der Waals surface area contributed by atoms with Crippen molar-refractivity contribution in [3.63, 3.8) is 0 Å². The molecular formula is C21H18ClF5N4O3. The van der Waals surface area contributed by atoms with Crippen molar-refractivity contribution in [3.8, 4) is 0 Å². The summed E-state index contributed by atoms with van der Waals surface area (Å²) in [7, 11) is 1.15. The normalized spacial score (nSPS) is 22.1. The molecule has 0 bridgehead atoms. The molecule has 1 aromatic carbocycles. The first-order valence-electron chi connectivity index (χ1n) is 10.1. The van der Waals surface area contributed by atoms with Crippen LogP contribution in [0.15, 0.2) is 18.2 Å². The second-order valence-corrected chi connectivity index (χ2v) is 8.67. The number of nitrogens with zero attached hydrogens (tertiary/aromatic N) is 3. The third-order valence-corrected chi connectivity index (χ3v) is 6.35. The number of likely N-dealkylation sites (N-methyl/N-ethyl adjacent to an activating group) is 1. The number of halogens is 6. The highest BCUT2D eigenvalue weighted by atomic mass is 35.5. The summed E-state index contributed by atoms with van der Waals surface area (Å²) in [4.78, 5) is 31.3. The monoisotopic (exact) mass is 504 g/mol. The largest absolute Gasteiger partial charge is 0.416 e. The van der Waals surface area contributed by atoms with Crippen LogP contribution in [0, 0.1) is 11.6 Å². The number of hydrogen-bond donors (Lipinski definition) is 2. The van der Waals surface area contributed by atoms with E-state index in [1.165, 1.54) is 6.92 Å². The molecular weight excluding hydrogens is 487 g/mol. The molecule has 4 rings (SSSR count). The van der Waals surface area contributed by atoms with Gasteiger partial charge in [-0.15, -0.1) is 0 Å². The smallest absolute Gasteiger partial charge is 0.384 e. The van der Waals surface area contributed by atoms with Gasteiger partial charge in [-0.25, -0.2) is 18.6 Å². The highest BCUT2D eigenvalue weighted by molar-refractivity contribution is 6.31. The Balaban J connectivity index is 1.77. The van der Waals surface area contributed by atoms with Crippen LogP contribution in [0.3, 0.4) is 0 Å². The Morgan fingerprint density at radius 2 is 2.03 bits per heavy atom. The molecule has 1 aromatic heterocycles. The molecule has 2 N–H and O–H groups in total. The number of rotatable bonds is 3. The fourth-order valence-electron chi connectivity index (χ4n) is 4.20. The second-order valence-electron chi connectivity index (χ2n) is 8.29. The van der Waals surface area contributed by atoms with Crippen molar-refractivity contribution in [2.24, 2.45) is 0 Å². The van der Waals surface area contributed by atoms with E-state index < -0.39 is 63.5 Å². The maximum absolute atomic E-state index is 14.4. The van der Waals surface area contributed by atoms with Crippen molar-refractivity contribution in [3.05, 3.63) is 51.7 Å². The summed E-state index contributed by atoms with van der Waals surface area (Å²) in [6.07, 6.45) is -4.86. The lowest BCUT2D eigenvalue weighted by molar-refractivity contribution is -0.138. The quantitative estimate of drug-likeness (QED) is 0.492. The van der Waals surface area contributed by atoms with Crippen LogP contribution >= 0.6 is 11.6 Å². The number of fused-ring (bicyclic) bond motifs is 1.